The fourth-order valence-electron chi connectivity index (χ4n) is 2.97. The lowest BCUT2D eigenvalue weighted by Gasteiger charge is -2.05. The average Bonchev–Trinajstić information content (AvgIpc) is 2.99. The fraction of sp³-hybridized carbons (Fsp3) is 0.143. The molecule has 0 aliphatic carbocycles. The normalized spacial score (nSPS) is 9.92. The Labute approximate surface area is 263 Å². The van der Waals surface area contributed by atoms with Crippen molar-refractivity contribution in [1.29, 1.82) is 0 Å². The predicted molar refractivity (Wildman–Crippen MR) is 143 cm³/mol. The van der Waals surface area contributed by atoms with Crippen LogP contribution in [0.3, 0.4) is 0 Å². The van der Waals surface area contributed by atoms with Crippen molar-refractivity contribution in [2.75, 3.05) is 0 Å². The maximum absolute atomic E-state index is 12.9. The van der Waals surface area contributed by atoms with Gasteiger partial charge in [0.15, 0.2) is 46.5 Å². The summed E-state index contributed by atoms with van der Waals surface area (Å²) in [4.78, 5) is 57.1. The van der Waals surface area contributed by atoms with Gasteiger partial charge in [0, 0.05) is 24.8 Å². The van der Waals surface area contributed by atoms with E-state index in [1.807, 2.05) is 27.7 Å². The molecular weight excluding hydrogens is 672 g/mol. The van der Waals surface area contributed by atoms with E-state index in [0.717, 1.165) is 22.8 Å². The standard InChI is InChI=1S/2C8H2F4O4.2C6H8N2/c2*9-3-1(7(13)14)4(10)6(12)2(5(3)11)8(15)16;2*1-5-6(2)8-4-3-7-5/h2*(H,13,14)(H,15,16);2*3-4H,1-2H3. The third-order valence-electron chi connectivity index (χ3n) is 5.64. The Kier molecular flexibility index (Phi) is 14.2. The molecule has 4 rings (SSSR count). The molecule has 0 bridgehead atoms. The minimum Gasteiger partial charge on any atom is -0.477 e. The van der Waals surface area contributed by atoms with Crippen LogP contribution in [0.2, 0.25) is 0 Å². The van der Waals surface area contributed by atoms with Gasteiger partial charge in [0.25, 0.3) is 0 Å². The van der Waals surface area contributed by atoms with Crippen LogP contribution in [-0.4, -0.2) is 64.2 Å². The van der Waals surface area contributed by atoms with Crippen molar-refractivity contribution in [3.05, 3.63) is 116 Å². The van der Waals surface area contributed by atoms with Crippen molar-refractivity contribution < 1.29 is 74.7 Å². The molecule has 20 heteroatoms. The van der Waals surface area contributed by atoms with Crippen molar-refractivity contribution in [2.24, 2.45) is 0 Å². The van der Waals surface area contributed by atoms with E-state index in [9.17, 15) is 54.3 Å². The quantitative estimate of drug-likeness (QED) is 0.156. The van der Waals surface area contributed by atoms with E-state index < -0.39 is 92.7 Å². The van der Waals surface area contributed by atoms with Crippen LogP contribution in [0, 0.1) is 74.2 Å². The van der Waals surface area contributed by atoms with Crippen LogP contribution >= 0.6 is 0 Å². The van der Waals surface area contributed by atoms with Crippen LogP contribution in [0.1, 0.15) is 64.2 Å². The number of benzene rings is 2. The van der Waals surface area contributed by atoms with Gasteiger partial charge in [-0.05, 0) is 27.7 Å². The largest absolute Gasteiger partial charge is 0.477 e. The number of aromatic nitrogens is 4. The summed E-state index contributed by atoms with van der Waals surface area (Å²) in [7, 11) is 0. The lowest BCUT2D eigenvalue weighted by Crippen LogP contribution is -2.15. The Morgan fingerprint density at radius 3 is 0.583 bits per heavy atom. The van der Waals surface area contributed by atoms with Crippen LogP contribution in [0.15, 0.2) is 24.8 Å². The van der Waals surface area contributed by atoms with Crippen LogP contribution in [0.4, 0.5) is 35.1 Å². The molecule has 0 atom stereocenters. The number of carbonyl (C=O) groups is 4. The van der Waals surface area contributed by atoms with Crippen LogP contribution in [-0.2, 0) is 0 Å². The highest BCUT2D eigenvalue weighted by Crippen LogP contribution is 2.25. The Morgan fingerprint density at radius 2 is 0.500 bits per heavy atom. The molecule has 0 unspecified atom stereocenters. The zero-order valence-electron chi connectivity index (χ0n) is 24.5. The number of hydrogen-bond acceptors (Lipinski definition) is 8. The maximum atomic E-state index is 12.9. The smallest absolute Gasteiger partial charge is 0.341 e. The van der Waals surface area contributed by atoms with Gasteiger partial charge >= 0.3 is 23.9 Å². The van der Waals surface area contributed by atoms with Crippen molar-refractivity contribution >= 4 is 23.9 Å². The number of aromatic carboxylic acids is 4. The van der Waals surface area contributed by atoms with Gasteiger partial charge < -0.3 is 20.4 Å². The molecule has 2 heterocycles. The van der Waals surface area contributed by atoms with Crippen molar-refractivity contribution in [3.63, 3.8) is 0 Å². The number of aryl methyl sites for hydroxylation is 4. The summed E-state index contributed by atoms with van der Waals surface area (Å²) in [5.74, 6) is -27.1. The summed E-state index contributed by atoms with van der Waals surface area (Å²) in [5.41, 5.74) is -3.47. The van der Waals surface area contributed by atoms with E-state index in [1.54, 1.807) is 24.8 Å². The summed E-state index contributed by atoms with van der Waals surface area (Å²) in [6.45, 7) is 7.79. The first-order valence-corrected chi connectivity index (χ1v) is 12.3. The average molecular weight is 692 g/mol. The third-order valence-corrected chi connectivity index (χ3v) is 5.64. The first-order valence-electron chi connectivity index (χ1n) is 12.3. The molecule has 0 spiro atoms. The Balaban J connectivity index is 0.000000336. The molecule has 2 aromatic heterocycles. The topological polar surface area (TPSA) is 201 Å². The summed E-state index contributed by atoms with van der Waals surface area (Å²) >= 11 is 0. The lowest BCUT2D eigenvalue weighted by molar-refractivity contribution is 0.0658. The highest BCUT2D eigenvalue weighted by atomic mass is 19.2. The molecule has 2 aromatic carbocycles. The SMILES string of the molecule is Cc1nccnc1C.Cc1nccnc1C.O=C(O)c1c(F)c(F)c(C(=O)O)c(F)c1F.O=C(O)c1c(F)c(F)c(C(=O)O)c(F)c1F. The highest BCUT2D eigenvalue weighted by molar-refractivity contribution is 5.93. The van der Waals surface area contributed by atoms with Crippen molar-refractivity contribution in [3.8, 4) is 0 Å². The molecule has 0 fully saturated rings. The van der Waals surface area contributed by atoms with Gasteiger partial charge in [0.1, 0.15) is 22.3 Å². The molecule has 4 N–H and O–H groups in total. The number of nitrogens with zero attached hydrogens (tertiary/aromatic N) is 4. The highest BCUT2D eigenvalue weighted by Gasteiger charge is 2.33. The van der Waals surface area contributed by atoms with E-state index in [-0.39, 0.29) is 0 Å². The number of hydrogen-bond donors (Lipinski definition) is 4. The maximum Gasteiger partial charge on any atom is 0.341 e. The summed E-state index contributed by atoms with van der Waals surface area (Å²) in [6, 6.07) is 0. The first kappa shape index (κ1) is 39.9. The van der Waals surface area contributed by atoms with E-state index in [2.05, 4.69) is 19.9 Å². The molecule has 0 aliphatic heterocycles. The molecule has 0 aliphatic rings. The summed E-state index contributed by atoms with van der Waals surface area (Å²) in [6.07, 6.45) is 6.79. The second-order valence-electron chi connectivity index (χ2n) is 8.69. The van der Waals surface area contributed by atoms with Crippen molar-refractivity contribution in [2.45, 2.75) is 27.7 Å². The van der Waals surface area contributed by atoms with Crippen LogP contribution in [0.25, 0.3) is 0 Å². The number of carboxylic acids is 4. The predicted octanol–water partition coefficient (Wildman–Crippen LogP) is 5.47. The van der Waals surface area contributed by atoms with Crippen LogP contribution in [0.5, 0.6) is 0 Å². The molecule has 12 nitrogen and oxygen atoms in total. The van der Waals surface area contributed by atoms with E-state index in [0.29, 0.717) is 0 Å². The van der Waals surface area contributed by atoms with Gasteiger partial charge in [-0.1, -0.05) is 0 Å². The summed E-state index contributed by atoms with van der Waals surface area (Å²) < 4.78 is 103. The molecule has 0 saturated heterocycles. The van der Waals surface area contributed by atoms with Gasteiger partial charge in [-0.25, -0.2) is 54.3 Å². The molecule has 0 saturated carbocycles. The fourth-order valence-corrected chi connectivity index (χ4v) is 2.97. The Hall–Kier alpha value is -6.08. The van der Waals surface area contributed by atoms with E-state index in [1.165, 1.54) is 0 Å². The summed E-state index contributed by atoms with van der Waals surface area (Å²) in [5, 5.41) is 33.1. The van der Waals surface area contributed by atoms with Gasteiger partial charge in [-0.15, -0.1) is 0 Å². The lowest BCUT2D eigenvalue weighted by atomic mass is 10.1. The number of halogens is 8. The Morgan fingerprint density at radius 1 is 0.375 bits per heavy atom. The first-order chi connectivity index (χ1) is 22.2. The molecule has 256 valence electrons. The minimum atomic E-state index is -2.26. The van der Waals surface area contributed by atoms with Gasteiger partial charge in [0.05, 0.1) is 22.8 Å². The second-order valence-corrected chi connectivity index (χ2v) is 8.69. The van der Waals surface area contributed by atoms with Gasteiger partial charge in [0.2, 0.25) is 0 Å². The number of rotatable bonds is 4. The molecular formula is C28H20F8N4O8. The molecule has 48 heavy (non-hydrogen) atoms. The zero-order valence-corrected chi connectivity index (χ0v) is 24.5. The second kappa shape index (κ2) is 17.0. The Bertz CT molecular complexity index is 1570. The van der Waals surface area contributed by atoms with E-state index >= 15 is 0 Å². The molecule has 4 aromatic rings. The van der Waals surface area contributed by atoms with E-state index in [4.69, 9.17) is 20.4 Å². The minimum absolute atomic E-state index is 1.01. The van der Waals surface area contributed by atoms with Gasteiger partial charge in [-0.2, -0.15) is 0 Å². The van der Waals surface area contributed by atoms with Crippen LogP contribution < -0.4 is 0 Å². The molecule has 0 radical (unpaired) electrons. The monoisotopic (exact) mass is 692 g/mol. The number of carboxylic acid groups (broad SMARTS) is 4. The van der Waals surface area contributed by atoms with Crippen molar-refractivity contribution in [1.82, 2.24) is 19.9 Å². The zero-order chi connectivity index (χ0) is 37.2. The molecule has 0 amide bonds. The third kappa shape index (κ3) is 9.47. The van der Waals surface area contributed by atoms with Gasteiger partial charge in [-0.3, -0.25) is 19.9 Å².